The van der Waals surface area contributed by atoms with E-state index in [-0.39, 0.29) is 98.7 Å². The van der Waals surface area contributed by atoms with Crippen LogP contribution in [0.5, 0.6) is 28.7 Å². The summed E-state index contributed by atoms with van der Waals surface area (Å²) in [6.45, 7) is 9.25. The normalized spacial score (nSPS) is 25.1. The summed E-state index contributed by atoms with van der Waals surface area (Å²) in [5.74, 6) is 1.10. The number of rotatable bonds is 7. The molecule has 0 aliphatic carbocycles. The summed E-state index contributed by atoms with van der Waals surface area (Å²) in [5.41, 5.74) is 4.37. The van der Waals surface area contributed by atoms with E-state index in [1.54, 1.807) is 13.8 Å². The fourth-order valence-electron chi connectivity index (χ4n) is 7.94. The molecule has 2 aromatic rings. The van der Waals surface area contributed by atoms with Gasteiger partial charge < -0.3 is 40.2 Å². The van der Waals surface area contributed by atoms with Crippen LogP contribution >= 0.6 is 0 Å². The van der Waals surface area contributed by atoms with Gasteiger partial charge in [-0.2, -0.15) is 0 Å². The predicted molar refractivity (Wildman–Crippen MR) is 165 cm³/mol. The second kappa shape index (κ2) is 13.3. The third kappa shape index (κ3) is 5.64. The van der Waals surface area contributed by atoms with Crippen molar-refractivity contribution in [3.05, 3.63) is 39.4 Å². The number of fused-ring (bicyclic) bond motifs is 9. The van der Waals surface area contributed by atoms with Gasteiger partial charge in [-0.3, -0.25) is 19.4 Å². The Morgan fingerprint density at radius 2 is 1.76 bits per heavy atom. The number of aromatic hydroxyl groups is 2. The number of nitrogens with zero attached hydrogens (tertiary/aromatic N) is 2. The molecule has 1 fully saturated rings. The number of amides is 2. The zero-order chi connectivity index (χ0) is 32.5. The summed E-state index contributed by atoms with van der Waals surface area (Å²) in [6, 6.07) is -0.448. The van der Waals surface area contributed by atoms with Crippen LogP contribution in [0.25, 0.3) is 0 Å². The molecule has 247 valence electrons. The first-order chi connectivity index (χ1) is 21.3. The molecule has 1 radical (unpaired) electrons. The smallest absolute Gasteiger partial charge is 0.242 e. The number of hydrogen-bond acceptors (Lipinski definition) is 10. The Hall–Kier alpha value is -2.30. The van der Waals surface area contributed by atoms with Crippen molar-refractivity contribution in [3.63, 3.8) is 0 Å². The van der Waals surface area contributed by atoms with Crippen LogP contribution < -0.4 is 24.8 Å². The van der Waals surface area contributed by atoms with Crippen LogP contribution in [0.3, 0.4) is 0 Å². The number of aliphatic hydroxyl groups is 1. The van der Waals surface area contributed by atoms with Crippen molar-refractivity contribution in [2.75, 3.05) is 27.5 Å². The number of methoxy groups -OCH3 is 1. The minimum absolute atomic E-state index is 0. The first-order valence-electron chi connectivity index (χ1n) is 15.6. The molecule has 46 heavy (non-hydrogen) atoms. The van der Waals surface area contributed by atoms with Crippen LogP contribution in [-0.2, 0) is 22.4 Å². The molecule has 4 aliphatic rings. The summed E-state index contributed by atoms with van der Waals surface area (Å²) >= 11 is 0. The molecule has 13 heteroatoms. The van der Waals surface area contributed by atoms with Crippen molar-refractivity contribution in [3.8, 4) is 28.7 Å². The molecule has 6 atom stereocenters. The van der Waals surface area contributed by atoms with Crippen molar-refractivity contribution in [2.24, 2.45) is 5.92 Å². The molecule has 4 aliphatic heterocycles. The largest absolute Gasteiger partial charge is 0.507 e. The van der Waals surface area contributed by atoms with Crippen LogP contribution in [0.4, 0.5) is 0 Å². The maximum atomic E-state index is 13.3. The molecule has 2 amide bonds. The number of piperazine rings is 1. The molecule has 0 saturated carbocycles. The zero-order valence-corrected chi connectivity index (χ0v) is 32.3. The molecule has 1 unspecified atom stereocenters. The van der Waals surface area contributed by atoms with Crippen molar-refractivity contribution < 1.29 is 83.2 Å². The first-order valence-corrected chi connectivity index (χ1v) is 15.6. The van der Waals surface area contributed by atoms with Gasteiger partial charge in [-0.05, 0) is 57.7 Å². The van der Waals surface area contributed by atoms with E-state index in [4.69, 9.17) is 14.2 Å². The van der Waals surface area contributed by atoms with Gasteiger partial charge in [0.1, 0.15) is 18.0 Å². The molecule has 2 bridgehead atoms. The fraction of sp³-hybridized carbons (Fsp3) is 0.576. The predicted octanol–water partition coefficient (Wildman–Crippen LogP) is 2.32. The number of likely N-dealkylation sites (N-methyl/N-ethyl adjacent to an activating group) is 1. The number of hydrogen-bond donors (Lipinski definition) is 5. The zero-order valence-electron chi connectivity index (χ0n) is 27.5. The van der Waals surface area contributed by atoms with Gasteiger partial charge in [0, 0.05) is 85.3 Å². The van der Waals surface area contributed by atoms with E-state index in [1.807, 2.05) is 38.8 Å². The number of carbonyl (C=O) groups excluding carboxylic acids is 2. The van der Waals surface area contributed by atoms with Gasteiger partial charge in [0.05, 0.1) is 25.2 Å². The molecule has 5 N–H and O–H groups in total. The van der Waals surface area contributed by atoms with E-state index in [2.05, 4.69) is 15.5 Å². The molecule has 6 rings (SSSR count). The number of benzene rings is 2. The molecule has 1 saturated heterocycles. The number of phenolic OH excluding ortho intramolecular Hbond substituents is 2. The van der Waals surface area contributed by atoms with Crippen LogP contribution in [0.2, 0.25) is 0 Å². The topological polar surface area (TPSA) is 153 Å². The van der Waals surface area contributed by atoms with Crippen LogP contribution in [-0.4, -0.2) is 88.8 Å². The molecule has 2 aromatic carbocycles. The molecular weight excluding hydrogens is 807 g/mol. The first kappa shape index (κ1) is 35.0. The quantitative estimate of drug-likeness (QED) is 0.281. The maximum Gasteiger partial charge on any atom is 0.242 e. The summed E-state index contributed by atoms with van der Waals surface area (Å²) in [7, 11) is 3.48. The average Bonchev–Trinajstić information content (AvgIpc) is 3.46. The average molecular weight is 852 g/mol. The van der Waals surface area contributed by atoms with E-state index in [9.17, 15) is 24.9 Å². The van der Waals surface area contributed by atoms with Gasteiger partial charge in [0.2, 0.25) is 18.6 Å². The van der Waals surface area contributed by atoms with Gasteiger partial charge in [0.15, 0.2) is 23.0 Å². The molecule has 12 nitrogen and oxygen atoms in total. The van der Waals surface area contributed by atoms with Gasteiger partial charge in [-0.25, -0.2) is 0 Å². The Morgan fingerprint density at radius 3 is 2.43 bits per heavy atom. The third-order valence-corrected chi connectivity index (χ3v) is 9.96. The number of ether oxygens (including phenoxy) is 3. The molecule has 0 aromatic heterocycles. The summed E-state index contributed by atoms with van der Waals surface area (Å²) < 4.78 is 17.3. The third-order valence-electron chi connectivity index (χ3n) is 9.96. The number of nitrogens with one attached hydrogen (secondary N) is 2. The molecule has 4 heterocycles. The number of phenols is 2. The summed E-state index contributed by atoms with van der Waals surface area (Å²) in [5, 5.41) is 40.9. The van der Waals surface area contributed by atoms with E-state index < -0.39 is 24.4 Å². The number of carbonyl (C=O) groups is 2. The monoisotopic (exact) mass is 851 g/mol. The summed E-state index contributed by atoms with van der Waals surface area (Å²) in [4.78, 5) is 29.8. The maximum absolute atomic E-state index is 13.3. The van der Waals surface area contributed by atoms with E-state index >= 15 is 0 Å². The van der Waals surface area contributed by atoms with Crippen molar-refractivity contribution in [2.45, 2.75) is 90.3 Å². The molecule has 0 spiro atoms. The van der Waals surface area contributed by atoms with Crippen LogP contribution in [0, 0.1) is 63.8 Å². The van der Waals surface area contributed by atoms with Gasteiger partial charge >= 0.3 is 0 Å². The summed E-state index contributed by atoms with van der Waals surface area (Å²) in [6.07, 6.45) is 0.200. The second-order valence-electron chi connectivity index (χ2n) is 13.2. The Morgan fingerprint density at radius 1 is 1.07 bits per heavy atom. The van der Waals surface area contributed by atoms with Crippen molar-refractivity contribution in [1.82, 2.24) is 20.4 Å². The molecular formula is C33H44AcN4O8. The minimum Gasteiger partial charge on any atom is -0.507 e. The van der Waals surface area contributed by atoms with Crippen LogP contribution in [0.15, 0.2) is 6.07 Å². The van der Waals surface area contributed by atoms with Crippen molar-refractivity contribution >= 4 is 11.8 Å². The SMILES string of the molecule is COc1c(C)cc2c(c1O)[C@@H]1C3Cc4c(O)c(C)c5c(c4[C@H](CNC(=O)[C@@H](C)NC(=O)CC(C)C)N3[C@@H](O)[C@H](C2)N1C)OCO5.[Ac]. The Kier molecular flexibility index (Phi) is 10.1. The minimum atomic E-state index is -0.950. The Labute approximate surface area is 305 Å². The number of aryl methyl sites for hydroxylation is 1. The Balaban J connectivity index is 0.00000417. The van der Waals surface area contributed by atoms with Crippen molar-refractivity contribution in [1.29, 1.82) is 0 Å². The number of aliphatic hydroxyl groups excluding tert-OH is 1. The van der Waals surface area contributed by atoms with E-state index in [0.717, 1.165) is 16.7 Å². The van der Waals surface area contributed by atoms with Gasteiger partial charge in [0.25, 0.3) is 0 Å². The standard InChI is InChI=1S/C33H44N4O8.Ac/c1-14(2)8-23(38)35-17(5)32(41)34-12-22-25-19(27(39)16(4)30-31(25)45-13-44-30)11-20-26-24-18(9-15(3)29(43-7)28(24)40)10-21(36(26)6)33(42)37(20)22;/h9,14,17,20-22,26,33,39-40,42H,8,10-13H2,1-7H3,(H,34,41)(H,35,38);/t17-,20?,21+,22+,26+,33+;/m1./s1. The van der Waals surface area contributed by atoms with E-state index in [0.29, 0.717) is 53.2 Å². The van der Waals surface area contributed by atoms with E-state index in [1.165, 1.54) is 7.11 Å². The second-order valence-corrected chi connectivity index (χ2v) is 13.2. The fourth-order valence-corrected chi connectivity index (χ4v) is 7.94. The van der Waals surface area contributed by atoms with Gasteiger partial charge in [-0.1, -0.05) is 19.9 Å². The van der Waals surface area contributed by atoms with Crippen LogP contribution in [0.1, 0.15) is 72.7 Å². The Bertz CT molecular complexity index is 1550. The van der Waals surface area contributed by atoms with Gasteiger partial charge in [-0.15, -0.1) is 0 Å².